The Kier molecular flexibility index (Phi) is 7.04. The minimum atomic E-state index is -5.20. The van der Waals surface area contributed by atoms with Crippen LogP contribution in [-0.2, 0) is 12.4 Å². The Morgan fingerprint density at radius 1 is 0.844 bits per heavy atom. The number of aliphatic hydroxyl groups is 1. The molecule has 3 aromatic rings. The van der Waals surface area contributed by atoms with Crippen molar-refractivity contribution in [1.82, 2.24) is 0 Å². The van der Waals surface area contributed by atoms with Gasteiger partial charge in [-0.05, 0) is 48.0 Å². The van der Waals surface area contributed by atoms with Crippen LogP contribution in [0.25, 0.3) is 0 Å². The summed E-state index contributed by atoms with van der Waals surface area (Å²) in [6.07, 6.45) is -11.4. The van der Waals surface area contributed by atoms with Gasteiger partial charge in [0.2, 0.25) is 0 Å². The Hall–Kier alpha value is -2.72. The summed E-state index contributed by atoms with van der Waals surface area (Å²) in [5, 5.41) is 13.1. The lowest BCUT2D eigenvalue weighted by atomic mass is 10.1. The van der Waals surface area contributed by atoms with E-state index in [2.05, 4.69) is 5.32 Å². The van der Waals surface area contributed by atoms with E-state index < -0.39 is 40.3 Å². The zero-order valence-electron chi connectivity index (χ0n) is 16.1. The molecule has 0 heterocycles. The van der Waals surface area contributed by atoms with Crippen LogP contribution in [0.2, 0.25) is 0 Å². The Labute approximate surface area is 183 Å². The summed E-state index contributed by atoms with van der Waals surface area (Å²) in [6, 6.07) is 13.7. The van der Waals surface area contributed by atoms with Crippen molar-refractivity contribution in [2.24, 2.45) is 0 Å². The first-order valence-electron chi connectivity index (χ1n) is 9.18. The monoisotopic (exact) mass is 475 g/mol. The number of anilines is 1. The van der Waals surface area contributed by atoms with Crippen molar-refractivity contribution in [3.05, 3.63) is 89.2 Å². The molecule has 0 aromatic heterocycles. The van der Waals surface area contributed by atoms with Gasteiger partial charge in [-0.2, -0.15) is 26.3 Å². The van der Waals surface area contributed by atoms with Crippen LogP contribution in [-0.4, -0.2) is 11.7 Å². The van der Waals surface area contributed by atoms with Gasteiger partial charge < -0.3 is 10.4 Å². The first-order chi connectivity index (χ1) is 14.9. The summed E-state index contributed by atoms with van der Waals surface area (Å²) in [5.41, 5.74) is -2.73. The zero-order valence-corrected chi connectivity index (χ0v) is 17.0. The molecule has 2 nitrogen and oxygen atoms in total. The molecule has 170 valence electrons. The van der Waals surface area contributed by atoms with Gasteiger partial charge in [0.15, 0.2) is 0 Å². The smallest absolute Gasteiger partial charge is 0.387 e. The van der Waals surface area contributed by atoms with Crippen LogP contribution in [0.5, 0.6) is 0 Å². The number of rotatable bonds is 6. The average Bonchev–Trinajstić information content (AvgIpc) is 2.71. The highest BCUT2D eigenvalue weighted by Crippen LogP contribution is 2.46. The van der Waals surface area contributed by atoms with E-state index in [0.717, 1.165) is 12.1 Å². The average molecular weight is 475 g/mol. The highest BCUT2D eigenvalue weighted by Gasteiger charge is 2.44. The van der Waals surface area contributed by atoms with E-state index in [1.807, 2.05) is 0 Å². The van der Waals surface area contributed by atoms with Crippen molar-refractivity contribution >= 4 is 17.4 Å². The fraction of sp³-hybridized carbons (Fsp3) is 0.182. The standard InChI is InChI=1S/C22H16F7NOS/c23-14-5-1-4-13(10-14)18(31)12-30-15-6-2-7-16(11-15)32-19-9-3-8-17(21(24,25)26)20(19)22(27,28)29/h1-11,18,30-31H,12H2. The largest absolute Gasteiger partial charge is 0.418 e. The Morgan fingerprint density at radius 3 is 2.19 bits per heavy atom. The lowest BCUT2D eigenvalue weighted by molar-refractivity contribution is -0.163. The molecule has 32 heavy (non-hydrogen) atoms. The second-order valence-corrected chi connectivity index (χ2v) is 7.87. The summed E-state index contributed by atoms with van der Waals surface area (Å²) < 4.78 is 93.0. The van der Waals surface area contributed by atoms with Gasteiger partial charge in [-0.15, -0.1) is 0 Å². The normalized spacial score (nSPS) is 13.1. The number of hydrogen-bond donors (Lipinski definition) is 2. The number of hydrogen-bond acceptors (Lipinski definition) is 3. The van der Waals surface area contributed by atoms with Crippen LogP contribution in [0, 0.1) is 5.82 Å². The third-order valence-electron chi connectivity index (χ3n) is 4.41. The van der Waals surface area contributed by atoms with Gasteiger partial charge in [0.25, 0.3) is 0 Å². The molecule has 0 saturated carbocycles. The molecule has 3 aromatic carbocycles. The van der Waals surface area contributed by atoms with Crippen molar-refractivity contribution in [1.29, 1.82) is 0 Å². The van der Waals surface area contributed by atoms with E-state index in [9.17, 15) is 35.8 Å². The number of alkyl halides is 6. The first-order valence-corrected chi connectivity index (χ1v) is 9.99. The van der Waals surface area contributed by atoms with Gasteiger partial charge in [0, 0.05) is 22.0 Å². The third-order valence-corrected chi connectivity index (χ3v) is 5.46. The molecule has 3 rings (SSSR count). The lowest BCUT2D eigenvalue weighted by Gasteiger charge is -2.19. The summed E-state index contributed by atoms with van der Waals surface area (Å²) in [7, 11) is 0. The second-order valence-electron chi connectivity index (χ2n) is 6.76. The maximum absolute atomic E-state index is 13.4. The van der Waals surface area contributed by atoms with Crippen LogP contribution in [0.3, 0.4) is 0 Å². The molecule has 0 aliphatic rings. The van der Waals surface area contributed by atoms with Crippen molar-refractivity contribution in [2.45, 2.75) is 28.2 Å². The molecule has 2 N–H and O–H groups in total. The fourth-order valence-corrected chi connectivity index (χ4v) is 4.05. The van der Waals surface area contributed by atoms with E-state index >= 15 is 0 Å². The minimum Gasteiger partial charge on any atom is -0.387 e. The molecule has 0 amide bonds. The number of benzene rings is 3. The van der Waals surface area contributed by atoms with Gasteiger partial charge >= 0.3 is 12.4 Å². The Morgan fingerprint density at radius 2 is 1.53 bits per heavy atom. The molecule has 0 spiro atoms. The van der Waals surface area contributed by atoms with Crippen LogP contribution < -0.4 is 5.32 Å². The topological polar surface area (TPSA) is 32.3 Å². The zero-order chi connectivity index (χ0) is 23.5. The van der Waals surface area contributed by atoms with E-state index in [0.29, 0.717) is 29.1 Å². The van der Waals surface area contributed by atoms with Crippen molar-refractivity contribution < 1.29 is 35.8 Å². The fourth-order valence-electron chi connectivity index (χ4n) is 2.99. The molecular formula is C22H16F7NOS. The SMILES string of the molecule is OC(CNc1cccc(Sc2cccc(C(F)(F)F)c2C(F)(F)F)c1)c1cccc(F)c1. The van der Waals surface area contributed by atoms with Crippen LogP contribution in [0.4, 0.5) is 36.4 Å². The predicted molar refractivity (Wildman–Crippen MR) is 107 cm³/mol. The number of halogens is 7. The summed E-state index contributed by atoms with van der Waals surface area (Å²) in [6.45, 7) is -0.0189. The van der Waals surface area contributed by atoms with E-state index in [1.54, 1.807) is 6.07 Å². The van der Waals surface area contributed by atoms with Crippen LogP contribution in [0.1, 0.15) is 22.8 Å². The summed E-state index contributed by atoms with van der Waals surface area (Å²) >= 11 is 0.546. The lowest BCUT2D eigenvalue weighted by Crippen LogP contribution is -2.17. The van der Waals surface area contributed by atoms with E-state index in [-0.39, 0.29) is 11.4 Å². The quantitative estimate of drug-likeness (QED) is 0.371. The molecule has 0 aliphatic carbocycles. The van der Waals surface area contributed by atoms with Gasteiger partial charge in [0.05, 0.1) is 17.2 Å². The van der Waals surface area contributed by atoms with Crippen molar-refractivity contribution in [3.63, 3.8) is 0 Å². The molecule has 0 saturated heterocycles. The predicted octanol–water partition coefficient (Wildman–Crippen LogP) is 7.16. The minimum absolute atomic E-state index is 0.0189. The number of aliphatic hydroxyl groups excluding tert-OH is 1. The molecule has 0 radical (unpaired) electrons. The van der Waals surface area contributed by atoms with Gasteiger partial charge in [-0.1, -0.05) is 36.0 Å². The number of nitrogens with one attached hydrogen (secondary N) is 1. The van der Waals surface area contributed by atoms with E-state index in [1.165, 1.54) is 42.5 Å². The maximum atomic E-state index is 13.4. The van der Waals surface area contributed by atoms with Crippen LogP contribution in [0.15, 0.2) is 76.5 Å². The Bertz CT molecular complexity index is 1080. The van der Waals surface area contributed by atoms with Gasteiger partial charge in [-0.3, -0.25) is 0 Å². The van der Waals surface area contributed by atoms with Crippen LogP contribution >= 0.6 is 11.8 Å². The van der Waals surface area contributed by atoms with Gasteiger partial charge in [-0.25, -0.2) is 4.39 Å². The van der Waals surface area contributed by atoms with Crippen molar-refractivity contribution in [3.8, 4) is 0 Å². The molecule has 0 bridgehead atoms. The summed E-state index contributed by atoms with van der Waals surface area (Å²) in [5.74, 6) is -0.512. The van der Waals surface area contributed by atoms with E-state index in [4.69, 9.17) is 0 Å². The highest BCUT2D eigenvalue weighted by atomic mass is 32.2. The summed E-state index contributed by atoms with van der Waals surface area (Å²) in [4.78, 5) is -0.315. The molecule has 10 heteroatoms. The van der Waals surface area contributed by atoms with Crippen molar-refractivity contribution in [2.75, 3.05) is 11.9 Å². The molecule has 0 fully saturated rings. The molecule has 1 atom stereocenters. The Balaban J connectivity index is 1.81. The second kappa shape index (κ2) is 9.41. The van der Waals surface area contributed by atoms with Gasteiger partial charge in [0.1, 0.15) is 5.82 Å². The first kappa shape index (κ1) is 23.9. The molecular weight excluding hydrogens is 459 g/mol. The molecule has 1 unspecified atom stereocenters. The highest BCUT2D eigenvalue weighted by molar-refractivity contribution is 7.99. The molecule has 0 aliphatic heterocycles. The maximum Gasteiger partial charge on any atom is 0.418 e. The third kappa shape index (κ3) is 5.95.